The Balaban J connectivity index is 1.72. The summed E-state index contributed by atoms with van der Waals surface area (Å²) in [5.74, 6) is 1.69. The summed E-state index contributed by atoms with van der Waals surface area (Å²) in [5.41, 5.74) is 1.55. The Morgan fingerprint density at radius 1 is 1.00 bits per heavy atom. The summed E-state index contributed by atoms with van der Waals surface area (Å²) >= 11 is 5.62. The molecule has 152 valence electrons. The van der Waals surface area contributed by atoms with E-state index in [9.17, 15) is 5.11 Å². The quantitative estimate of drug-likeness (QED) is 0.296. The van der Waals surface area contributed by atoms with Crippen LogP contribution in [-0.4, -0.2) is 25.3 Å². The first-order valence-corrected chi connectivity index (χ1v) is 9.80. The molecule has 0 aliphatic carbocycles. The number of nitrogens with zero attached hydrogens (tertiary/aromatic N) is 1. The van der Waals surface area contributed by atoms with E-state index in [0.717, 1.165) is 11.4 Å². The number of anilines is 1. The molecule has 6 nitrogen and oxygen atoms in total. The third-order valence-corrected chi connectivity index (χ3v) is 4.85. The van der Waals surface area contributed by atoms with E-state index in [1.165, 1.54) is 0 Å². The average molecular weight is 420 g/mol. The second-order valence-electron chi connectivity index (χ2n) is 6.50. The number of ether oxygens (including phenoxy) is 3. The van der Waals surface area contributed by atoms with Crippen LogP contribution in [0, 0.1) is 0 Å². The number of hydrogen-bond donors (Lipinski definition) is 1. The largest absolute Gasteiger partial charge is 0.867 e. The Morgan fingerprint density at radius 3 is 2.40 bits per heavy atom. The van der Waals surface area contributed by atoms with Gasteiger partial charge in [0.15, 0.2) is 28.9 Å². The molecule has 0 unspecified atom stereocenters. The Labute approximate surface area is 180 Å². The second-order valence-corrected chi connectivity index (χ2v) is 6.91. The van der Waals surface area contributed by atoms with Crippen LogP contribution in [0.15, 0.2) is 73.1 Å². The number of thiocarbonyl (C=S) groups is 1. The molecule has 1 aromatic heterocycles. The van der Waals surface area contributed by atoms with Crippen LogP contribution in [0.3, 0.4) is 0 Å². The first-order valence-electron chi connectivity index (χ1n) is 9.39. The zero-order valence-corrected chi connectivity index (χ0v) is 17.1. The van der Waals surface area contributed by atoms with Crippen LogP contribution >= 0.6 is 12.2 Å². The lowest BCUT2D eigenvalue weighted by Crippen LogP contribution is -2.39. The number of pyridine rings is 1. The number of hydrogen-bond acceptors (Lipinski definition) is 5. The van der Waals surface area contributed by atoms with Gasteiger partial charge in [-0.1, -0.05) is 24.4 Å². The number of methoxy groups -OCH3 is 1. The fourth-order valence-corrected chi connectivity index (χ4v) is 3.39. The van der Waals surface area contributed by atoms with E-state index in [2.05, 4.69) is 5.32 Å². The minimum absolute atomic E-state index is 0.228. The fourth-order valence-electron chi connectivity index (χ4n) is 3.07. The van der Waals surface area contributed by atoms with Crippen molar-refractivity contribution in [3.8, 4) is 17.2 Å². The standard InChI is InChI=1S/C23H20N2O4S/c1-27-18-8-6-17(7-9-18)24-23(30)21(25-11-3-2-4-12-25)22(26)16-5-10-19-20(15-16)29-14-13-28-19/h2-12,15H,13-14H2,1H3,(H-,24,26,30). The molecular formula is C23H20N2O4S. The number of aromatic nitrogens is 1. The van der Waals surface area contributed by atoms with Gasteiger partial charge in [0, 0.05) is 17.8 Å². The van der Waals surface area contributed by atoms with Crippen LogP contribution in [0.4, 0.5) is 5.69 Å². The highest BCUT2D eigenvalue weighted by Gasteiger charge is 2.20. The van der Waals surface area contributed by atoms with Crippen LogP contribution in [-0.2, 0) is 0 Å². The van der Waals surface area contributed by atoms with E-state index >= 15 is 0 Å². The van der Waals surface area contributed by atoms with Crippen LogP contribution in [0.2, 0.25) is 0 Å². The molecule has 30 heavy (non-hydrogen) atoms. The van der Waals surface area contributed by atoms with Gasteiger partial charge in [-0.2, -0.15) is 4.57 Å². The zero-order chi connectivity index (χ0) is 20.9. The molecule has 1 aliphatic heterocycles. The van der Waals surface area contributed by atoms with Crippen molar-refractivity contribution >= 4 is 34.3 Å². The maximum Gasteiger partial charge on any atom is 0.238 e. The lowest BCUT2D eigenvalue weighted by atomic mass is 10.1. The van der Waals surface area contributed by atoms with E-state index in [4.69, 9.17) is 26.4 Å². The number of fused-ring (bicyclic) bond motifs is 1. The molecule has 0 atom stereocenters. The van der Waals surface area contributed by atoms with E-state index in [1.807, 2.05) is 42.5 Å². The molecule has 2 heterocycles. The highest BCUT2D eigenvalue weighted by Crippen LogP contribution is 2.32. The summed E-state index contributed by atoms with van der Waals surface area (Å²) in [5, 5.41) is 16.6. The smallest absolute Gasteiger partial charge is 0.238 e. The molecule has 0 fully saturated rings. The SMILES string of the molecule is COc1ccc(NC(=S)/C(=C(\[O-])c2ccc3c(c2)OCCO3)[n+]2ccccc2)cc1. The summed E-state index contributed by atoms with van der Waals surface area (Å²) in [6.07, 6.45) is 3.57. The summed E-state index contributed by atoms with van der Waals surface area (Å²) in [4.78, 5) is 0.302. The van der Waals surface area contributed by atoms with Crippen LogP contribution < -0.4 is 29.2 Å². The van der Waals surface area contributed by atoms with Gasteiger partial charge in [0.25, 0.3) is 0 Å². The molecule has 0 spiro atoms. The fraction of sp³-hybridized carbons (Fsp3) is 0.130. The summed E-state index contributed by atoms with van der Waals surface area (Å²) in [6, 6.07) is 18.0. The van der Waals surface area contributed by atoms with Gasteiger partial charge < -0.3 is 24.6 Å². The maximum absolute atomic E-state index is 13.5. The van der Waals surface area contributed by atoms with Gasteiger partial charge in [0.1, 0.15) is 19.0 Å². The Morgan fingerprint density at radius 2 is 1.70 bits per heavy atom. The van der Waals surface area contributed by atoms with E-state index < -0.39 is 0 Å². The van der Waals surface area contributed by atoms with Crippen molar-refractivity contribution in [2.75, 3.05) is 25.6 Å². The molecule has 1 N–H and O–H groups in total. The van der Waals surface area contributed by atoms with Crippen LogP contribution in [0.5, 0.6) is 17.2 Å². The Bertz CT molecular complexity index is 1080. The minimum atomic E-state index is -0.228. The Hall–Kier alpha value is -3.58. The molecule has 4 rings (SSSR count). The van der Waals surface area contributed by atoms with E-state index in [0.29, 0.717) is 41.0 Å². The maximum atomic E-state index is 13.5. The first-order chi connectivity index (χ1) is 14.7. The molecular weight excluding hydrogens is 400 g/mol. The lowest BCUT2D eigenvalue weighted by Gasteiger charge is -2.21. The van der Waals surface area contributed by atoms with Crippen LogP contribution in [0.1, 0.15) is 5.56 Å². The third-order valence-electron chi connectivity index (χ3n) is 4.56. The second kappa shape index (κ2) is 8.84. The molecule has 1 aliphatic rings. The number of rotatable bonds is 5. The molecule has 0 amide bonds. The predicted octanol–water partition coefficient (Wildman–Crippen LogP) is 2.88. The molecule has 0 saturated heterocycles. The molecule has 3 aromatic rings. The normalized spacial score (nSPS) is 13.2. The van der Waals surface area contributed by atoms with Crippen molar-refractivity contribution in [3.63, 3.8) is 0 Å². The van der Waals surface area contributed by atoms with Gasteiger partial charge in [0.2, 0.25) is 5.70 Å². The van der Waals surface area contributed by atoms with E-state index in [1.54, 1.807) is 42.3 Å². The lowest BCUT2D eigenvalue weighted by molar-refractivity contribution is -0.577. The first kappa shape index (κ1) is 19.7. The average Bonchev–Trinajstić information content (AvgIpc) is 2.80. The Kier molecular flexibility index (Phi) is 5.81. The molecule has 0 radical (unpaired) electrons. The van der Waals surface area contributed by atoms with Gasteiger partial charge in [-0.3, -0.25) is 0 Å². The van der Waals surface area contributed by atoms with Crippen LogP contribution in [0.25, 0.3) is 11.5 Å². The topological polar surface area (TPSA) is 66.7 Å². The highest BCUT2D eigenvalue weighted by molar-refractivity contribution is 7.81. The van der Waals surface area contributed by atoms with Gasteiger partial charge in [-0.05, 0) is 47.7 Å². The van der Waals surface area contributed by atoms with Crippen molar-refractivity contribution in [1.29, 1.82) is 0 Å². The molecule has 0 bridgehead atoms. The highest BCUT2D eigenvalue weighted by atomic mass is 32.1. The number of nitrogens with one attached hydrogen (secondary N) is 1. The summed E-state index contributed by atoms with van der Waals surface area (Å²) in [7, 11) is 1.61. The molecule has 7 heteroatoms. The van der Waals surface area contributed by atoms with Crippen molar-refractivity contribution in [3.05, 3.63) is 78.6 Å². The van der Waals surface area contributed by atoms with Gasteiger partial charge >= 0.3 is 0 Å². The van der Waals surface area contributed by atoms with E-state index in [-0.39, 0.29) is 5.76 Å². The van der Waals surface area contributed by atoms with Crippen molar-refractivity contribution in [2.45, 2.75) is 0 Å². The van der Waals surface area contributed by atoms with Gasteiger partial charge in [-0.25, -0.2) is 0 Å². The number of benzene rings is 2. The third kappa shape index (κ3) is 4.21. The predicted molar refractivity (Wildman–Crippen MR) is 116 cm³/mol. The zero-order valence-electron chi connectivity index (χ0n) is 16.3. The van der Waals surface area contributed by atoms with Crippen molar-refractivity contribution < 1.29 is 23.9 Å². The summed E-state index contributed by atoms with van der Waals surface area (Å²) < 4.78 is 18.1. The molecule has 2 aromatic carbocycles. The van der Waals surface area contributed by atoms with Gasteiger partial charge in [-0.15, -0.1) is 0 Å². The molecule has 0 saturated carbocycles. The van der Waals surface area contributed by atoms with Crippen molar-refractivity contribution in [1.82, 2.24) is 0 Å². The monoisotopic (exact) mass is 420 g/mol. The van der Waals surface area contributed by atoms with Gasteiger partial charge in [0.05, 0.1) is 7.11 Å². The minimum Gasteiger partial charge on any atom is -0.867 e. The van der Waals surface area contributed by atoms with Crippen molar-refractivity contribution in [2.24, 2.45) is 0 Å². The summed E-state index contributed by atoms with van der Waals surface area (Å²) in [6.45, 7) is 0.944.